The molecule has 3 amide bonds. The maximum absolute atomic E-state index is 12.7. The molecule has 3 heterocycles. The van der Waals surface area contributed by atoms with Gasteiger partial charge in [-0.2, -0.15) is 0 Å². The molecule has 6 N–H and O–H groups in total. The number of aliphatic carboxylic acids is 1. The number of carbonyl (C=O) groups is 4. The van der Waals surface area contributed by atoms with E-state index in [-0.39, 0.29) is 41.0 Å². The number of hydrogen-bond donors (Lipinski definition) is 4. The molecule has 2 aliphatic rings. The Kier molecular flexibility index (Phi) is 6.24. The number of nitrogens with two attached hydrogens (primary N) is 2. The average molecular weight is 451 g/mol. The van der Waals surface area contributed by atoms with Gasteiger partial charge in [-0.25, -0.2) is 19.6 Å². The van der Waals surface area contributed by atoms with E-state index in [0.717, 1.165) is 4.90 Å². The first kappa shape index (κ1) is 21.8. The largest absolute Gasteiger partial charge is 0.477 e. The van der Waals surface area contributed by atoms with Crippen LogP contribution in [0, 0.1) is 0 Å². The van der Waals surface area contributed by atoms with Gasteiger partial charge in [0.2, 0.25) is 5.71 Å². The summed E-state index contributed by atoms with van der Waals surface area (Å²) in [7, 11) is 1.21. The van der Waals surface area contributed by atoms with E-state index in [0.29, 0.717) is 0 Å². The Hall–Kier alpha value is -3.88. The number of nitrogens with zero attached hydrogens (tertiary/aromatic N) is 4. The molecule has 14 nitrogen and oxygen atoms in total. The second-order valence-electron chi connectivity index (χ2n) is 6.15. The molecule has 2 aliphatic heterocycles. The lowest BCUT2D eigenvalue weighted by Gasteiger charge is -2.49. The Morgan fingerprint density at radius 1 is 1.45 bits per heavy atom. The number of aromatic nitrogens is 2. The minimum Gasteiger partial charge on any atom is -0.477 e. The summed E-state index contributed by atoms with van der Waals surface area (Å²) in [6, 6.07) is 0.380. The Bertz CT molecular complexity index is 1010. The molecule has 0 bridgehead atoms. The Morgan fingerprint density at radius 3 is 2.81 bits per heavy atom. The topological polar surface area (TPSA) is 212 Å². The molecule has 0 radical (unpaired) electrons. The van der Waals surface area contributed by atoms with Gasteiger partial charge in [0.1, 0.15) is 36.6 Å². The Morgan fingerprint density at radius 2 is 2.19 bits per heavy atom. The van der Waals surface area contributed by atoms with Crippen molar-refractivity contribution in [3.05, 3.63) is 29.4 Å². The smallest absolute Gasteiger partial charge is 0.404 e. The van der Waals surface area contributed by atoms with E-state index >= 15 is 0 Å². The summed E-state index contributed by atoms with van der Waals surface area (Å²) in [5.74, 6) is -2.72. The SMILES string of the molecule is CO/N=C(\C(=O)NC1C(=O)N2C(C(=O)O)=C(COC(N)=O)CS[C@H]12)c1nccc(N)n1. The number of primary amides is 1. The number of nitrogen functional groups attached to an aromatic ring is 1. The number of carboxylic acids is 1. The fourth-order valence-electron chi connectivity index (χ4n) is 2.92. The molecule has 0 saturated carbocycles. The lowest BCUT2D eigenvalue weighted by molar-refractivity contribution is -0.150. The quantitative estimate of drug-likeness (QED) is 0.207. The summed E-state index contributed by atoms with van der Waals surface area (Å²) in [5, 5.41) is 14.9. The summed E-state index contributed by atoms with van der Waals surface area (Å²) < 4.78 is 4.66. The van der Waals surface area contributed by atoms with E-state index in [4.69, 9.17) is 11.5 Å². The summed E-state index contributed by atoms with van der Waals surface area (Å²) in [4.78, 5) is 61.4. The number of amides is 3. The number of oxime groups is 1. The van der Waals surface area contributed by atoms with E-state index in [9.17, 15) is 24.3 Å². The Balaban J connectivity index is 1.79. The average Bonchev–Trinajstić information content (AvgIpc) is 2.73. The molecule has 15 heteroatoms. The van der Waals surface area contributed by atoms with E-state index < -0.39 is 35.3 Å². The van der Waals surface area contributed by atoms with Crippen molar-refractivity contribution in [2.45, 2.75) is 11.4 Å². The van der Waals surface area contributed by atoms with Gasteiger partial charge < -0.3 is 31.5 Å². The predicted molar refractivity (Wildman–Crippen MR) is 105 cm³/mol. The highest BCUT2D eigenvalue weighted by Crippen LogP contribution is 2.40. The van der Waals surface area contributed by atoms with Crippen molar-refractivity contribution >= 4 is 47.2 Å². The van der Waals surface area contributed by atoms with Crippen LogP contribution in [0.25, 0.3) is 0 Å². The third-order valence-corrected chi connectivity index (χ3v) is 5.55. The first-order chi connectivity index (χ1) is 14.7. The maximum atomic E-state index is 12.7. The number of carboxylic acid groups (broad SMARTS) is 1. The zero-order valence-corrected chi connectivity index (χ0v) is 16.8. The number of β-lactam (4-membered cyclic amide) rings is 1. The van der Waals surface area contributed by atoms with Gasteiger partial charge in [0.25, 0.3) is 11.8 Å². The molecule has 164 valence electrons. The van der Waals surface area contributed by atoms with Crippen LogP contribution in [0.15, 0.2) is 28.7 Å². The van der Waals surface area contributed by atoms with Crippen LogP contribution in [0.3, 0.4) is 0 Å². The van der Waals surface area contributed by atoms with Crippen molar-refractivity contribution in [1.29, 1.82) is 0 Å². The van der Waals surface area contributed by atoms with Gasteiger partial charge in [-0.3, -0.25) is 14.5 Å². The summed E-state index contributed by atoms with van der Waals surface area (Å²) in [5.41, 5.74) is 10.1. The second kappa shape index (κ2) is 8.86. The van der Waals surface area contributed by atoms with Gasteiger partial charge in [0, 0.05) is 17.5 Å². The first-order valence-corrected chi connectivity index (χ1v) is 9.62. The highest BCUT2D eigenvalue weighted by molar-refractivity contribution is 8.00. The number of hydrogen-bond acceptors (Lipinski definition) is 11. The van der Waals surface area contributed by atoms with Gasteiger partial charge in [0.05, 0.1) is 0 Å². The molecular formula is C16H17N7O7S. The van der Waals surface area contributed by atoms with Crippen LogP contribution in [0.1, 0.15) is 5.82 Å². The molecule has 2 atom stereocenters. The van der Waals surface area contributed by atoms with Crippen LogP contribution < -0.4 is 16.8 Å². The Labute approximate surface area is 178 Å². The molecule has 0 spiro atoms. The van der Waals surface area contributed by atoms with Gasteiger partial charge in [-0.1, -0.05) is 5.16 Å². The molecule has 1 aromatic heterocycles. The molecule has 31 heavy (non-hydrogen) atoms. The number of carbonyl (C=O) groups excluding carboxylic acids is 3. The number of nitrogens with one attached hydrogen (secondary N) is 1. The zero-order valence-electron chi connectivity index (χ0n) is 16.0. The molecule has 1 fully saturated rings. The first-order valence-electron chi connectivity index (χ1n) is 8.57. The minimum atomic E-state index is -1.37. The lowest BCUT2D eigenvalue weighted by atomic mass is 10.0. The van der Waals surface area contributed by atoms with Crippen LogP contribution in [-0.2, 0) is 24.0 Å². The fraction of sp³-hybridized carbons (Fsp3) is 0.312. The van der Waals surface area contributed by atoms with Crippen LogP contribution in [0.2, 0.25) is 0 Å². The van der Waals surface area contributed by atoms with Gasteiger partial charge in [-0.05, 0) is 6.07 Å². The molecule has 3 rings (SSSR count). The summed E-state index contributed by atoms with van der Waals surface area (Å²) in [6.07, 6.45) is 0.251. The second-order valence-corrected chi connectivity index (χ2v) is 7.26. The number of thioether (sulfide) groups is 1. The van der Waals surface area contributed by atoms with Gasteiger partial charge in [-0.15, -0.1) is 11.8 Å². The third-order valence-electron chi connectivity index (χ3n) is 4.21. The molecule has 1 unspecified atom stereocenters. The van der Waals surface area contributed by atoms with Crippen molar-refractivity contribution < 1.29 is 33.9 Å². The normalized spacial score (nSPS) is 20.5. The number of rotatable bonds is 7. The van der Waals surface area contributed by atoms with E-state index in [2.05, 4.69) is 30.0 Å². The van der Waals surface area contributed by atoms with Crippen molar-refractivity contribution in [3.63, 3.8) is 0 Å². The van der Waals surface area contributed by atoms with Crippen molar-refractivity contribution in [3.8, 4) is 0 Å². The number of anilines is 1. The third kappa shape index (κ3) is 4.35. The van der Waals surface area contributed by atoms with E-state index in [1.165, 1.54) is 31.1 Å². The molecule has 1 saturated heterocycles. The van der Waals surface area contributed by atoms with Crippen LogP contribution in [-0.4, -0.2) is 80.4 Å². The van der Waals surface area contributed by atoms with Crippen LogP contribution in [0.4, 0.5) is 10.6 Å². The van der Waals surface area contributed by atoms with Crippen LogP contribution >= 0.6 is 11.8 Å². The highest BCUT2D eigenvalue weighted by Gasteiger charge is 2.54. The van der Waals surface area contributed by atoms with Crippen molar-refractivity contribution in [1.82, 2.24) is 20.2 Å². The zero-order chi connectivity index (χ0) is 22.7. The van der Waals surface area contributed by atoms with Gasteiger partial charge in [0.15, 0.2) is 5.82 Å². The van der Waals surface area contributed by atoms with Crippen molar-refractivity contribution in [2.24, 2.45) is 10.9 Å². The summed E-state index contributed by atoms with van der Waals surface area (Å²) in [6.45, 7) is -0.366. The van der Waals surface area contributed by atoms with E-state index in [1.807, 2.05) is 0 Å². The van der Waals surface area contributed by atoms with Crippen LogP contribution in [0.5, 0.6) is 0 Å². The van der Waals surface area contributed by atoms with Crippen molar-refractivity contribution in [2.75, 3.05) is 25.2 Å². The molecule has 0 aromatic carbocycles. The van der Waals surface area contributed by atoms with E-state index in [1.54, 1.807) is 0 Å². The number of ether oxygens (including phenoxy) is 1. The minimum absolute atomic E-state index is 0.0947. The monoisotopic (exact) mass is 451 g/mol. The molecular weight excluding hydrogens is 434 g/mol. The molecule has 1 aromatic rings. The molecule has 0 aliphatic carbocycles. The predicted octanol–water partition coefficient (Wildman–Crippen LogP) is -1.76. The fourth-order valence-corrected chi connectivity index (χ4v) is 4.25. The highest BCUT2D eigenvalue weighted by atomic mass is 32.2. The van der Waals surface area contributed by atoms with Gasteiger partial charge >= 0.3 is 12.1 Å². The summed E-state index contributed by atoms with van der Waals surface area (Å²) >= 11 is 1.19. The lowest BCUT2D eigenvalue weighted by Crippen LogP contribution is -2.71. The number of fused-ring (bicyclic) bond motifs is 1. The maximum Gasteiger partial charge on any atom is 0.404 e. The standard InChI is InChI=1S/C16H17N7O7S/c1-29-22-8(11-19-3-2-7(17)20-11)12(24)21-9-13(25)23-10(15(26)27)6(4-30-16(18)28)5-31-14(9)23/h2-3,9,14H,4-5H2,1H3,(H2,18,28)(H,21,24)(H,26,27)(H2,17,19,20)/b22-8-/t9?,14-/m1/s1.